The lowest BCUT2D eigenvalue weighted by Gasteiger charge is -2.31. The van der Waals surface area contributed by atoms with Crippen LogP contribution in [0.5, 0.6) is 5.75 Å². The molecule has 2 saturated carbocycles. The SMILES string of the molecule is CNC(=O)c1ccc(Nc2ncc3c(n2)N(C2CCCC2)CC2(CC2)C(=O)N3C)c(OC)c1. The monoisotopic (exact) mass is 450 g/mol. The molecule has 1 aromatic carbocycles. The Labute approximate surface area is 193 Å². The molecule has 2 fully saturated rings. The number of rotatable bonds is 5. The van der Waals surface area contributed by atoms with Crippen molar-refractivity contribution in [2.75, 3.05) is 42.9 Å². The molecule has 3 aliphatic rings. The molecule has 9 nitrogen and oxygen atoms in total. The molecule has 2 amide bonds. The van der Waals surface area contributed by atoms with Gasteiger partial charge in [0.15, 0.2) is 5.82 Å². The van der Waals surface area contributed by atoms with Crippen LogP contribution < -0.4 is 25.2 Å². The van der Waals surface area contributed by atoms with Gasteiger partial charge >= 0.3 is 0 Å². The van der Waals surface area contributed by atoms with E-state index in [2.05, 4.69) is 20.5 Å². The Hall–Kier alpha value is -3.36. The second kappa shape index (κ2) is 8.20. The van der Waals surface area contributed by atoms with Crippen molar-refractivity contribution in [3.63, 3.8) is 0 Å². The minimum Gasteiger partial charge on any atom is -0.495 e. The first-order chi connectivity index (χ1) is 16.0. The van der Waals surface area contributed by atoms with Crippen molar-refractivity contribution in [3.8, 4) is 5.75 Å². The Morgan fingerprint density at radius 3 is 2.67 bits per heavy atom. The summed E-state index contributed by atoms with van der Waals surface area (Å²) in [5, 5.41) is 5.86. The molecule has 0 bridgehead atoms. The van der Waals surface area contributed by atoms with Crippen molar-refractivity contribution >= 4 is 35.0 Å². The van der Waals surface area contributed by atoms with Crippen molar-refractivity contribution in [2.45, 2.75) is 44.6 Å². The number of nitrogens with zero attached hydrogens (tertiary/aromatic N) is 4. The van der Waals surface area contributed by atoms with Gasteiger partial charge in [0.2, 0.25) is 11.9 Å². The molecule has 2 N–H and O–H groups in total. The summed E-state index contributed by atoms with van der Waals surface area (Å²) in [6, 6.07) is 5.58. The lowest BCUT2D eigenvalue weighted by Crippen LogP contribution is -2.41. The van der Waals surface area contributed by atoms with E-state index in [9.17, 15) is 9.59 Å². The van der Waals surface area contributed by atoms with Gasteiger partial charge in [0.1, 0.15) is 11.4 Å². The summed E-state index contributed by atoms with van der Waals surface area (Å²) < 4.78 is 5.49. The lowest BCUT2D eigenvalue weighted by atomic mass is 10.0. The number of methoxy groups -OCH3 is 1. The highest BCUT2D eigenvalue weighted by Crippen LogP contribution is 2.52. The number of amides is 2. The number of nitrogens with one attached hydrogen (secondary N) is 2. The summed E-state index contributed by atoms with van der Waals surface area (Å²) in [5.41, 5.74) is 1.63. The van der Waals surface area contributed by atoms with Gasteiger partial charge in [-0.1, -0.05) is 12.8 Å². The van der Waals surface area contributed by atoms with E-state index in [-0.39, 0.29) is 17.2 Å². The first-order valence-electron chi connectivity index (χ1n) is 11.5. The van der Waals surface area contributed by atoms with Gasteiger partial charge in [-0.25, -0.2) is 4.98 Å². The maximum absolute atomic E-state index is 13.2. The van der Waals surface area contributed by atoms with E-state index in [1.807, 2.05) is 7.05 Å². The average Bonchev–Trinajstić information content (AvgIpc) is 3.45. The third-order valence-electron chi connectivity index (χ3n) is 7.17. The predicted octanol–water partition coefficient (Wildman–Crippen LogP) is 3.09. The van der Waals surface area contributed by atoms with E-state index in [4.69, 9.17) is 9.72 Å². The first kappa shape index (κ1) is 21.5. The molecule has 0 saturated heterocycles. The van der Waals surface area contributed by atoms with E-state index < -0.39 is 0 Å². The fourth-order valence-electron chi connectivity index (χ4n) is 5.05. The van der Waals surface area contributed by atoms with Crippen LogP contribution in [-0.4, -0.2) is 55.6 Å². The number of hydrogen-bond acceptors (Lipinski definition) is 7. The molecule has 5 rings (SSSR count). The summed E-state index contributed by atoms with van der Waals surface area (Å²) in [7, 11) is 4.98. The molecule has 2 aromatic rings. The number of anilines is 4. The average molecular weight is 451 g/mol. The van der Waals surface area contributed by atoms with Crippen molar-refractivity contribution in [3.05, 3.63) is 30.0 Å². The van der Waals surface area contributed by atoms with Crippen molar-refractivity contribution in [2.24, 2.45) is 5.41 Å². The van der Waals surface area contributed by atoms with Gasteiger partial charge < -0.3 is 25.2 Å². The molecule has 9 heteroatoms. The Balaban J connectivity index is 1.51. The zero-order chi connectivity index (χ0) is 23.2. The van der Waals surface area contributed by atoms with Crippen molar-refractivity contribution in [1.82, 2.24) is 15.3 Å². The first-order valence-corrected chi connectivity index (χ1v) is 11.5. The maximum Gasteiger partial charge on any atom is 0.251 e. The largest absolute Gasteiger partial charge is 0.495 e. The van der Waals surface area contributed by atoms with Crippen LogP contribution in [0.4, 0.5) is 23.1 Å². The second-order valence-electron chi connectivity index (χ2n) is 9.23. The highest BCUT2D eigenvalue weighted by Gasteiger charge is 2.55. The molecular formula is C24H30N6O3. The highest BCUT2D eigenvalue weighted by atomic mass is 16.5. The molecule has 174 valence electrons. The summed E-state index contributed by atoms with van der Waals surface area (Å²) in [6.07, 6.45) is 8.25. The molecule has 2 heterocycles. The van der Waals surface area contributed by atoms with Crippen molar-refractivity contribution < 1.29 is 14.3 Å². The molecule has 0 radical (unpaired) electrons. The maximum atomic E-state index is 13.2. The van der Waals surface area contributed by atoms with Crippen LogP contribution in [0, 0.1) is 5.41 Å². The minimum absolute atomic E-state index is 0.167. The number of ether oxygens (including phenoxy) is 1. The lowest BCUT2D eigenvalue weighted by molar-refractivity contribution is -0.122. The summed E-state index contributed by atoms with van der Waals surface area (Å²) in [6.45, 7) is 0.717. The van der Waals surface area contributed by atoms with Crippen LogP contribution in [0.2, 0.25) is 0 Å². The van der Waals surface area contributed by atoms with E-state index in [1.54, 1.807) is 43.5 Å². The number of carbonyl (C=O) groups excluding carboxylic acids is 2. The molecule has 1 spiro atoms. The van der Waals surface area contributed by atoms with Crippen LogP contribution in [0.25, 0.3) is 0 Å². The smallest absolute Gasteiger partial charge is 0.251 e. The van der Waals surface area contributed by atoms with Crippen LogP contribution in [0.15, 0.2) is 24.4 Å². The molecule has 0 unspecified atom stereocenters. The fraction of sp³-hybridized carbons (Fsp3) is 0.500. The Morgan fingerprint density at radius 1 is 1.24 bits per heavy atom. The summed E-state index contributed by atoms with van der Waals surface area (Å²) >= 11 is 0. The van der Waals surface area contributed by atoms with Crippen LogP contribution >= 0.6 is 0 Å². The van der Waals surface area contributed by atoms with E-state index in [0.717, 1.165) is 37.2 Å². The van der Waals surface area contributed by atoms with Crippen molar-refractivity contribution in [1.29, 1.82) is 0 Å². The Bertz CT molecular complexity index is 1090. The van der Waals surface area contributed by atoms with Crippen LogP contribution in [0.1, 0.15) is 48.9 Å². The van der Waals surface area contributed by atoms with E-state index in [0.29, 0.717) is 35.5 Å². The molecule has 1 aromatic heterocycles. The molecule has 0 atom stereocenters. The fourth-order valence-corrected chi connectivity index (χ4v) is 5.05. The predicted molar refractivity (Wildman–Crippen MR) is 126 cm³/mol. The standard InChI is InChI=1S/C24H30N6O3/c1-25-21(31)15-8-9-17(19(12-15)33-3)27-23-26-13-18-20(28-23)30(16-6-4-5-7-16)14-24(10-11-24)22(32)29(18)2/h8-9,12-13,16H,4-7,10-11,14H2,1-3H3,(H,25,31)(H,26,27,28). The molecule has 2 aliphatic carbocycles. The second-order valence-corrected chi connectivity index (χ2v) is 9.23. The number of carbonyl (C=O) groups is 2. The third-order valence-corrected chi connectivity index (χ3v) is 7.17. The Morgan fingerprint density at radius 2 is 2.00 bits per heavy atom. The van der Waals surface area contributed by atoms with Gasteiger partial charge in [-0.05, 0) is 43.9 Å². The third kappa shape index (κ3) is 3.75. The van der Waals surface area contributed by atoms with Gasteiger partial charge in [-0.15, -0.1) is 0 Å². The van der Waals surface area contributed by atoms with E-state index in [1.165, 1.54) is 12.8 Å². The molecule has 1 aliphatic heterocycles. The highest BCUT2D eigenvalue weighted by molar-refractivity contribution is 6.03. The van der Waals surface area contributed by atoms with Gasteiger partial charge in [-0.2, -0.15) is 4.98 Å². The zero-order valence-electron chi connectivity index (χ0n) is 19.4. The van der Waals surface area contributed by atoms with Crippen LogP contribution in [-0.2, 0) is 4.79 Å². The number of hydrogen-bond donors (Lipinski definition) is 2. The topological polar surface area (TPSA) is 99.7 Å². The van der Waals surface area contributed by atoms with Gasteiger partial charge in [-0.3, -0.25) is 9.59 Å². The molecular weight excluding hydrogens is 420 g/mol. The minimum atomic E-state index is -0.287. The Kier molecular flexibility index (Phi) is 5.34. The number of benzene rings is 1. The molecule has 33 heavy (non-hydrogen) atoms. The number of fused-ring (bicyclic) bond motifs is 1. The van der Waals surface area contributed by atoms with Gasteiger partial charge in [0.05, 0.1) is 24.4 Å². The normalized spacial score (nSPS) is 19.3. The van der Waals surface area contributed by atoms with Crippen LogP contribution in [0.3, 0.4) is 0 Å². The quantitative estimate of drug-likeness (QED) is 0.722. The zero-order valence-corrected chi connectivity index (χ0v) is 19.4. The summed E-state index contributed by atoms with van der Waals surface area (Å²) in [5.74, 6) is 1.73. The summed E-state index contributed by atoms with van der Waals surface area (Å²) in [4.78, 5) is 38.7. The number of aromatic nitrogens is 2. The van der Waals surface area contributed by atoms with Gasteiger partial charge in [0.25, 0.3) is 5.91 Å². The van der Waals surface area contributed by atoms with E-state index >= 15 is 0 Å². The van der Waals surface area contributed by atoms with Gasteiger partial charge in [0, 0.05) is 32.2 Å².